The van der Waals surface area contributed by atoms with Crippen LogP contribution in [0.2, 0.25) is 0 Å². The van der Waals surface area contributed by atoms with Gasteiger partial charge in [-0.3, -0.25) is 18.8 Å². The van der Waals surface area contributed by atoms with E-state index in [0.29, 0.717) is 23.3 Å². The monoisotopic (exact) mass is 339 g/mol. The number of aromatic nitrogens is 4. The fourth-order valence-electron chi connectivity index (χ4n) is 2.75. The zero-order valence-electron chi connectivity index (χ0n) is 14.3. The van der Waals surface area contributed by atoms with E-state index in [-0.39, 0.29) is 23.9 Å². The first-order valence-corrected chi connectivity index (χ1v) is 8.25. The van der Waals surface area contributed by atoms with Gasteiger partial charge < -0.3 is 5.32 Å². The van der Waals surface area contributed by atoms with E-state index >= 15 is 0 Å². The van der Waals surface area contributed by atoms with Gasteiger partial charge in [0.15, 0.2) is 0 Å². The average Bonchev–Trinajstić information content (AvgIpc) is 3.10. The third-order valence-electron chi connectivity index (χ3n) is 4.06. The van der Waals surface area contributed by atoms with Crippen molar-refractivity contribution in [3.8, 4) is 0 Å². The number of nitrogens with one attached hydrogen (secondary N) is 1. The number of hydrogen-bond acceptors (Lipinski definition) is 4. The Balaban J connectivity index is 1.65. The number of fused-ring (bicyclic) bond motifs is 1. The number of para-hydroxylation sites is 1. The second-order valence-corrected chi connectivity index (χ2v) is 6.20. The van der Waals surface area contributed by atoms with Crippen molar-refractivity contribution in [1.29, 1.82) is 0 Å². The quantitative estimate of drug-likeness (QED) is 0.735. The Bertz CT molecular complexity index is 930. The highest BCUT2D eigenvalue weighted by Crippen LogP contribution is 2.07. The van der Waals surface area contributed by atoms with Crippen molar-refractivity contribution < 1.29 is 4.79 Å². The van der Waals surface area contributed by atoms with Gasteiger partial charge in [0.1, 0.15) is 12.4 Å². The van der Waals surface area contributed by atoms with Crippen LogP contribution in [0.25, 0.3) is 10.9 Å². The summed E-state index contributed by atoms with van der Waals surface area (Å²) in [6, 6.07) is 9.03. The lowest BCUT2D eigenvalue weighted by Crippen LogP contribution is -2.36. The predicted octanol–water partition coefficient (Wildman–Crippen LogP) is 1.35. The van der Waals surface area contributed by atoms with Gasteiger partial charge in [-0.1, -0.05) is 19.1 Å². The zero-order chi connectivity index (χ0) is 17.8. The molecule has 1 atom stereocenters. The van der Waals surface area contributed by atoms with E-state index in [1.54, 1.807) is 31.3 Å². The van der Waals surface area contributed by atoms with E-state index in [1.165, 1.54) is 4.57 Å². The molecule has 0 saturated carbocycles. The molecule has 0 aliphatic rings. The minimum Gasteiger partial charge on any atom is -0.354 e. The largest absolute Gasteiger partial charge is 0.354 e. The first-order valence-electron chi connectivity index (χ1n) is 8.25. The van der Waals surface area contributed by atoms with Crippen LogP contribution >= 0.6 is 0 Å². The molecule has 2 heterocycles. The minimum absolute atomic E-state index is 0.0308. The first kappa shape index (κ1) is 16.9. The first-order chi connectivity index (χ1) is 12.0. The number of carbonyl (C=O) groups is 1. The lowest BCUT2D eigenvalue weighted by molar-refractivity contribution is -0.121. The molecule has 3 rings (SSSR count). The molecule has 3 aromatic rings. The maximum absolute atomic E-state index is 12.6. The second kappa shape index (κ2) is 7.29. The van der Waals surface area contributed by atoms with Gasteiger partial charge in [-0.05, 0) is 31.0 Å². The highest BCUT2D eigenvalue weighted by molar-refractivity contribution is 5.79. The van der Waals surface area contributed by atoms with E-state index in [1.807, 2.05) is 29.9 Å². The number of hydrogen-bond donors (Lipinski definition) is 1. The van der Waals surface area contributed by atoms with E-state index in [0.717, 1.165) is 6.54 Å². The van der Waals surface area contributed by atoms with Gasteiger partial charge in [0.05, 0.1) is 10.9 Å². The normalized spacial score (nSPS) is 12.2. The van der Waals surface area contributed by atoms with E-state index in [9.17, 15) is 9.59 Å². The van der Waals surface area contributed by atoms with Crippen LogP contribution in [0.5, 0.6) is 0 Å². The van der Waals surface area contributed by atoms with Gasteiger partial charge in [0, 0.05) is 25.5 Å². The van der Waals surface area contributed by atoms with Crippen molar-refractivity contribution in [2.75, 3.05) is 6.54 Å². The molecule has 0 aliphatic carbocycles. The van der Waals surface area contributed by atoms with Crippen LogP contribution in [0.1, 0.15) is 12.7 Å². The molecule has 1 unspecified atom stereocenters. The number of nitrogens with zero attached hydrogens (tertiary/aromatic N) is 4. The Hall–Kier alpha value is -2.96. The molecule has 130 valence electrons. The lowest BCUT2D eigenvalue weighted by Gasteiger charge is -2.14. The van der Waals surface area contributed by atoms with Crippen LogP contribution in [0.3, 0.4) is 0 Å². The van der Waals surface area contributed by atoms with Gasteiger partial charge >= 0.3 is 0 Å². The molecule has 2 aromatic heterocycles. The standard InChI is InChI=1S/C18H21N5O2/c1-13(11-22-9-5-8-20-22)10-19-17(24)12-23-14(2)21-16-7-4-3-6-15(16)18(23)25/h3-9,13H,10-12H2,1-2H3,(H,19,24). The molecule has 1 aromatic carbocycles. The summed E-state index contributed by atoms with van der Waals surface area (Å²) >= 11 is 0. The van der Waals surface area contributed by atoms with Crippen LogP contribution in [0, 0.1) is 12.8 Å². The molecule has 0 bridgehead atoms. The van der Waals surface area contributed by atoms with Crippen molar-refractivity contribution >= 4 is 16.8 Å². The summed E-state index contributed by atoms with van der Waals surface area (Å²) in [6.45, 7) is 4.99. The fraction of sp³-hybridized carbons (Fsp3) is 0.333. The van der Waals surface area contributed by atoms with Crippen LogP contribution in [0.4, 0.5) is 0 Å². The molecule has 7 nitrogen and oxygen atoms in total. The molecule has 0 saturated heterocycles. The van der Waals surface area contributed by atoms with Crippen molar-refractivity contribution in [3.05, 3.63) is 58.9 Å². The Kier molecular flexibility index (Phi) is 4.92. The molecule has 7 heteroatoms. The van der Waals surface area contributed by atoms with E-state index in [2.05, 4.69) is 15.4 Å². The maximum atomic E-state index is 12.6. The summed E-state index contributed by atoms with van der Waals surface area (Å²) < 4.78 is 3.24. The van der Waals surface area contributed by atoms with Crippen LogP contribution in [-0.2, 0) is 17.9 Å². The Morgan fingerprint density at radius 3 is 2.84 bits per heavy atom. The molecule has 0 aliphatic heterocycles. The van der Waals surface area contributed by atoms with Gasteiger partial charge in [0.25, 0.3) is 5.56 Å². The molecule has 25 heavy (non-hydrogen) atoms. The smallest absolute Gasteiger partial charge is 0.261 e. The lowest BCUT2D eigenvalue weighted by atomic mass is 10.2. The summed E-state index contributed by atoms with van der Waals surface area (Å²) in [5.41, 5.74) is 0.456. The molecule has 0 fully saturated rings. The topological polar surface area (TPSA) is 81.8 Å². The number of carbonyl (C=O) groups excluding carboxylic acids is 1. The highest BCUT2D eigenvalue weighted by Gasteiger charge is 2.12. The Morgan fingerprint density at radius 2 is 2.08 bits per heavy atom. The fourth-order valence-corrected chi connectivity index (χ4v) is 2.75. The Labute approximate surface area is 145 Å². The van der Waals surface area contributed by atoms with E-state index < -0.39 is 0 Å². The van der Waals surface area contributed by atoms with Crippen molar-refractivity contribution in [1.82, 2.24) is 24.6 Å². The van der Waals surface area contributed by atoms with Gasteiger partial charge in [-0.25, -0.2) is 4.98 Å². The zero-order valence-corrected chi connectivity index (χ0v) is 14.3. The minimum atomic E-state index is -0.199. The Morgan fingerprint density at radius 1 is 1.28 bits per heavy atom. The van der Waals surface area contributed by atoms with Crippen molar-refractivity contribution in [2.24, 2.45) is 5.92 Å². The third-order valence-corrected chi connectivity index (χ3v) is 4.06. The summed E-state index contributed by atoms with van der Waals surface area (Å²) in [5.74, 6) is 0.564. The number of benzene rings is 1. The maximum Gasteiger partial charge on any atom is 0.261 e. The van der Waals surface area contributed by atoms with Crippen LogP contribution in [-0.4, -0.2) is 31.8 Å². The summed E-state index contributed by atoms with van der Waals surface area (Å²) in [6.07, 6.45) is 3.62. The van der Waals surface area contributed by atoms with E-state index in [4.69, 9.17) is 0 Å². The van der Waals surface area contributed by atoms with Crippen LogP contribution in [0.15, 0.2) is 47.5 Å². The molecule has 1 amide bonds. The molecular formula is C18H21N5O2. The SMILES string of the molecule is Cc1nc2ccccc2c(=O)n1CC(=O)NCC(C)Cn1cccn1. The molecular weight excluding hydrogens is 318 g/mol. The van der Waals surface area contributed by atoms with Crippen molar-refractivity contribution in [3.63, 3.8) is 0 Å². The van der Waals surface area contributed by atoms with Gasteiger partial charge in [0.2, 0.25) is 5.91 Å². The summed E-state index contributed by atoms with van der Waals surface area (Å²) in [7, 11) is 0. The number of aryl methyl sites for hydroxylation is 1. The average molecular weight is 339 g/mol. The third kappa shape index (κ3) is 3.93. The number of rotatable bonds is 6. The van der Waals surface area contributed by atoms with Crippen molar-refractivity contribution in [2.45, 2.75) is 26.9 Å². The number of amides is 1. The van der Waals surface area contributed by atoms with Gasteiger partial charge in [-0.2, -0.15) is 5.10 Å². The summed E-state index contributed by atoms with van der Waals surface area (Å²) in [5, 5.41) is 7.55. The molecule has 0 radical (unpaired) electrons. The molecule has 0 spiro atoms. The predicted molar refractivity (Wildman–Crippen MR) is 95.1 cm³/mol. The summed E-state index contributed by atoms with van der Waals surface area (Å²) in [4.78, 5) is 29.2. The van der Waals surface area contributed by atoms with Gasteiger partial charge in [-0.15, -0.1) is 0 Å². The highest BCUT2D eigenvalue weighted by atomic mass is 16.2. The molecule has 1 N–H and O–H groups in total. The second-order valence-electron chi connectivity index (χ2n) is 6.20. The van der Waals surface area contributed by atoms with Crippen LogP contribution < -0.4 is 10.9 Å².